The number of fused-ring (bicyclic) bond motifs is 2. The smallest absolute Gasteiger partial charge is 0.227 e. The molecule has 2 N–H and O–H groups in total. The first kappa shape index (κ1) is 17.1. The molecule has 1 saturated heterocycles. The molecule has 2 atom stereocenters. The van der Waals surface area contributed by atoms with Gasteiger partial charge in [-0.25, -0.2) is 0 Å². The number of ether oxygens (including phenoxy) is 1. The molecule has 2 aromatic rings. The highest BCUT2D eigenvalue weighted by atomic mass is 16.5. The van der Waals surface area contributed by atoms with Gasteiger partial charge in [-0.2, -0.15) is 0 Å². The van der Waals surface area contributed by atoms with Crippen LogP contribution in [0.25, 0.3) is 10.9 Å². The molecule has 2 amide bonds. The summed E-state index contributed by atoms with van der Waals surface area (Å²) in [5, 5.41) is 4.03. The van der Waals surface area contributed by atoms with E-state index in [1.807, 2.05) is 35.4 Å². The number of carbonyl (C=O) groups is 2. The van der Waals surface area contributed by atoms with Gasteiger partial charge in [0.1, 0.15) is 0 Å². The Morgan fingerprint density at radius 2 is 2.12 bits per heavy atom. The number of aromatic nitrogens is 1. The minimum Gasteiger partial charge on any atom is -0.378 e. The van der Waals surface area contributed by atoms with Crippen molar-refractivity contribution < 1.29 is 14.3 Å². The van der Waals surface area contributed by atoms with Gasteiger partial charge < -0.3 is 19.9 Å². The number of amides is 2. The predicted molar refractivity (Wildman–Crippen MR) is 98.7 cm³/mol. The van der Waals surface area contributed by atoms with Gasteiger partial charge in [-0.15, -0.1) is 0 Å². The van der Waals surface area contributed by atoms with Gasteiger partial charge in [0.25, 0.3) is 0 Å². The number of para-hydroxylation sites is 1. The van der Waals surface area contributed by atoms with Crippen LogP contribution in [0.1, 0.15) is 24.8 Å². The van der Waals surface area contributed by atoms with Crippen LogP contribution in [0.4, 0.5) is 0 Å². The van der Waals surface area contributed by atoms with Crippen LogP contribution in [0.2, 0.25) is 0 Å². The first-order valence-electron chi connectivity index (χ1n) is 9.44. The minimum absolute atomic E-state index is 0.0191. The normalized spacial score (nSPS) is 24.3. The Bertz CT molecular complexity index is 800. The van der Waals surface area contributed by atoms with E-state index in [0.29, 0.717) is 32.7 Å². The van der Waals surface area contributed by atoms with Crippen LogP contribution >= 0.6 is 0 Å². The number of hydrogen-bond donors (Lipinski definition) is 2. The van der Waals surface area contributed by atoms with Crippen molar-refractivity contribution in [1.82, 2.24) is 15.2 Å². The third-order valence-electron chi connectivity index (χ3n) is 5.58. The average molecular weight is 355 g/mol. The third kappa shape index (κ3) is 3.33. The van der Waals surface area contributed by atoms with E-state index in [2.05, 4.69) is 10.3 Å². The van der Waals surface area contributed by atoms with Crippen LogP contribution in [0.3, 0.4) is 0 Å². The van der Waals surface area contributed by atoms with E-state index < -0.39 is 0 Å². The second-order valence-corrected chi connectivity index (χ2v) is 7.13. The number of H-pyrrole nitrogens is 1. The van der Waals surface area contributed by atoms with Gasteiger partial charge in [0, 0.05) is 36.2 Å². The highest BCUT2D eigenvalue weighted by Gasteiger charge is 2.38. The molecule has 1 aromatic carbocycles. The lowest BCUT2D eigenvalue weighted by Gasteiger charge is -2.33. The Morgan fingerprint density at radius 3 is 3.04 bits per heavy atom. The summed E-state index contributed by atoms with van der Waals surface area (Å²) in [6.07, 6.45) is 4.99. The number of aromatic amines is 1. The fraction of sp³-hybridized carbons (Fsp3) is 0.500. The number of benzene rings is 1. The lowest BCUT2D eigenvalue weighted by atomic mass is 9.99. The molecule has 1 aromatic heterocycles. The lowest BCUT2D eigenvalue weighted by Crippen LogP contribution is -2.50. The van der Waals surface area contributed by atoms with Gasteiger partial charge in [-0.05, 0) is 24.5 Å². The molecule has 6 heteroatoms. The van der Waals surface area contributed by atoms with Crippen LogP contribution in [-0.4, -0.2) is 54.0 Å². The molecule has 4 rings (SSSR count). The third-order valence-corrected chi connectivity index (χ3v) is 5.58. The summed E-state index contributed by atoms with van der Waals surface area (Å²) >= 11 is 0. The second kappa shape index (κ2) is 7.50. The summed E-state index contributed by atoms with van der Waals surface area (Å²) in [6.45, 7) is 2.10. The number of carbonyl (C=O) groups excluding carboxylic acids is 2. The monoisotopic (exact) mass is 355 g/mol. The molecule has 2 fully saturated rings. The topological polar surface area (TPSA) is 74.4 Å². The van der Waals surface area contributed by atoms with Crippen LogP contribution in [0.5, 0.6) is 0 Å². The van der Waals surface area contributed by atoms with Crippen molar-refractivity contribution in [3.8, 4) is 0 Å². The van der Waals surface area contributed by atoms with Gasteiger partial charge in [-0.1, -0.05) is 24.6 Å². The zero-order valence-corrected chi connectivity index (χ0v) is 14.9. The highest BCUT2D eigenvalue weighted by Crippen LogP contribution is 2.31. The van der Waals surface area contributed by atoms with E-state index in [-0.39, 0.29) is 23.8 Å². The molecule has 138 valence electrons. The van der Waals surface area contributed by atoms with Crippen molar-refractivity contribution in [2.75, 3.05) is 26.3 Å². The molecule has 0 spiro atoms. The molecule has 0 radical (unpaired) electrons. The fourth-order valence-electron chi connectivity index (χ4n) is 4.28. The quantitative estimate of drug-likeness (QED) is 0.863. The van der Waals surface area contributed by atoms with Gasteiger partial charge in [-0.3, -0.25) is 9.59 Å². The summed E-state index contributed by atoms with van der Waals surface area (Å²) in [4.78, 5) is 30.7. The largest absolute Gasteiger partial charge is 0.378 e. The van der Waals surface area contributed by atoms with Crippen molar-refractivity contribution in [1.29, 1.82) is 0 Å². The van der Waals surface area contributed by atoms with Crippen molar-refractivity contribution in [2.24, 2.45) is 5.92 Å². The van der Waals surface area contributed by atoms with Crippen molar-refractivity contribution >= 4 is 22.7 Å². The van der Waals surface area contributed by atoms with Gasteiger partial charge in [0.15, 0.2) is 0 Å². The van der Waals surface area contributed by atoms with Crippen LogP contribution < -0.4 is 5.32 Å². The van der Waals surface area contributed by atoms with E-state index >= 15 is 0 Å². The Hall–Kier alpha value is -2.34. The number of rotatable bonds is 2. The summed E-state index contributed by atoms with van der Waals surface area (Å²) in [7, 11) is 0. The van der Waals surface area contributed by atoms with Gasteiger partial charge >= 0.3 is 0 Å². The molecule has 1 aliphatic heterocycles. The minimum atomic E-state index is -0.0972. The summed E-state index contributed by atoms with van der Waals surface area (Å²) in [5.74, 6) is 0.0338. The van der Waals surface area contributed by atoms with Gasteiger partial charge in [0.2, 0.25) is 11.8 Å². The standard InChI is InChI=1S/C20H25N3O3/c24-19(12-14-13-22-17-6-2-1-4-15(14)17)23-9-11-26-10-8-21-20(25)16-5-3-7-18(16)23/h1-2,4,6,13,16,18,22H,3,5,7-12H2,(H,21,25)/t16-,18+/m1/s1. The maximum atomic E-state index is 13.1. The van der Waals surface area contributed by atoms with Crippen LogP contribution in [0.15, 0.2) is 30.5 Å². The molecule has 2 aliphatic rings. The lowest BCUT2D eigenvalue weighted by molar-refractivity contribution is -0.137. The van der Waals surface area contributed by atoms with E-state index in [1.54, 1.807) is 0 Å². The Morgan fingerprint density at radius 1 is 1.23 bits per heavy atom. The Labute approximate surface area is 152 Å². The highest BCUT2D eigenvalue weighted by molar-refractivity contribution is 5.89. The predicted octanol–water partition coefficient (Wildman–Crippen LogP) is 1.85. The Balaban J connectivity index is 1.56. The molecule has 0 unspecified atom stereocenters. The van der Waals surface area contributed by atoms with Crippen LogP contribution in [0, 0.1) is 5.92 Å². The zero-order valence-electron chi connectivity index (χ0n) is 14.9. The van der Waals surface area contributed by atoms with Gasteiger partial charge in [0.05, 0.1) is 25.6 Å². The SMILES string of the molecule is O=C1NCCOCCN(C(=O)Cc2c[nH]c3ccccc23)[C@H]2CCC[C@@H]12. The maximum Gasteiger partial charge on any atom is 0.227 e. The fourth-order valence-corrected chi connectivity index (χ4v) is 4.28. The first-order chi connectivity index (χ1) is 12.7. The molecule has 1 saturated carbocycles. The number of hydrogen-bond acceptors (Lipinski definition) is 3. The molecule has 26 heavy (non-hydrogen) atoms. The van der Waals surface area contributed by atoms with Crippen molar-refractivity contribution in [3.05, 3.63) is 36.0 Å². The first-order valence-corrected chi connectivity index (χ1v) is 9.44. The number of nitrogens with one attached hydrogen (secondary N) is 2. The number of nitrogens with zero attached hydrogens (tertiary/aromatic N) is 1. The summed E-state index contributed by atoms with van der Waals surface area (Å²) < 4.78 is 5.58. The molecular formula is C20H25N3O3. The van der Waals surface area contributed by atoms with Crippen molar-refractivity contribution in [3.63, 3.8) is 0 Å². The molecule has 6 nitrogen and oxygen atoms in total. The van der Waals surface area contributed by atoms with E-state index in [1.165, 1.54) is 0 Å². The summed E-state index contributed by atoms with van der Waals surface area (Å²) in [6, 6.07) is 7.99. The molecule has 1 aliphatic carbocycles. The second-order valence-electron chi connectivity index (χ2n) is 7.13. The van der Waals surface area contributed by atoms with E-state index in [9.17, 15) is 9.59 Å². The molecule has 2 heterocycles. The molecular weight excluding hydrogens is 330 g/mol. The molecule has 0 bridgehead atoms. The van der Waals surface area contributed by atoms with Crippen molar-refractivity contribution in [2.45, 2.75) is 31.7 Å². The average Bonchev–Trinajstić information content (AvgIpc) is 3.28. The van der Waals surface area contributed by atoms with E-state index in [0.717, 1.165) is 35.7 Å². The maximum absolute atomic E-state index is 13.1. The summed E-state index contributed by atoms with van der Waals surface area (Å²) in [5.41, 5.74) is 2.04. The zero-order chi connectivity index (χ0) is 17.9. The van der Waals surface area contributed by atoms with E-state index in [4.69, 9.17) is 4.74 Å². The van der Waals surface area contributed by atoms with Crippen LogP contribution in [-0.2, 0) is 20.7 Å². The Kier molecular flexibility index (Phi) is 4.93.